The lowest BCUT2D eigenvalue weighted by molar-refractivity contribution is -0.149. The van der Waals surface area contributed by atoms with E-state index in [1.54, 1.807) is 7.11 Å². The van der Waals surface area contributed by atoms with Crippen molar-refractivity contribution in [2.24, 2.45) is 0 Å². The van der Waals surface area contributed by atoms with Crippen LogP contribution in [0.4, 0.5) is 0 Å². The molecule has 0 N–H and O–H groups in total. The number of fused-ring (bicyclic) bond motifs is 1. The molecule has 0 aromatic heterocycles. The molecule has 0 unspecified atom stereocenters. The fourth-order valence-corrected chi connectivity index (χ4v) is 3.79. The van der Waals surface area contributed by atoms with Crippen molar-refractivity contribution in [2.45, 2.75) is 43.9 Å². The van der Waals surface area contributed by atoms with Crippen LogP contribution in [0.1, 0.15) is 24.8 Å². The number of methoxy groups -OCH3 is 1. The van der Waals surface area contributed by atoms with Crippen molar-refractivity contribution in [2.75, 3.05) is 20.3 Å². The van der Waals surface area contributed by atoms with Crippen LogP contribution in [0.15, 0.2) is 24.3 Å². The highest BCUT2D eigenvalue weighted by Crippen LogP contribution is 2.32. The average Bonchev–Trinajstić information content (AvgIpc) is 2.97. The molecule has 1 aromatic carbocycles. The van der Waals surface area contributed by atoms with E-state index in [9.17, 15) is 4.79 Å². The standard InChI is InChI=1S/C17H22ClNO3/c1-21-15-8-7-14-17(15)22-11-10-19(14)16(20)9-6-12-4-2-3-5-13(12)18/h2-5,14-15,17H,6-11H2,1H3/t14-,15+,17+/m0/s1. The molecule has 1 aromatic rings. The van der Waals surface area contributed by atoms with Crippen molar-refractivity contribution < 1.29 is 14.3 Å². The monoisotopic (exact) mass is 323 g/mol. The Morgan fingerprint density at radius 1 is 1.41 bits per heavy atom. The Hall–Kier alpha value is -1.10. The number of ether oxygens (including phenoxy) is 2. The van der Waals surface area contributed by atoms with Crippen LogP contribution in [0.25, 0.3) is 0 Å². The molecule has 4 nitrogen and oxygen atoms in total. The van der Waals surface area contributed by atoms with Gasteiger partial charge >= 0.3 is 0 Å². The average molecular weight is 324 g/mol. The molecule has 1 heterocycles. The third-order valence-electron chi connectivity index (χ3n) is 4.72. The van der Waals surface area contributed by atoms with Gasteiger partial charge in [-0.2, -0.15) is 0 Å². The van der Waals surface area contributed by atoms with Crippen LogP contribution in [-0.2, 0) is 20.7 Å². The predicted octanol–water partition coefficient (Wildman–Crippen LogP) is 2.68. The lowest BCUT2D eigenvalue weighted by Crippen LogP contribution is -2.53. The normalized spacial score (nSPS) is 27.7. The molecule has 120 valence electrons. The van der Waals surface area contributed by atoms with E-state index < -0.39 is 0 Å². The highest BCUT2D eigenvalue weighted by Gasteiger charge is 2.44. The van der Waals surface area contributed by atoms with Crippen LogP contribution in [0, 0.1) is 0 Å². The molecule has 1 aliphatic carbocycles. The first-order chi connectivity index (χ1) is 10.7. The minimum absolute atomic E-state index is 0.0306. The molecule has 3 rings (SSSR count). The number of hydrogen-bond acceptors (Lipinski definition) is 3. The molecule has 2 aliphatic rings. The molecule has 5 heteroatoms. The predicted molar refractivity (Wildman–Crippen MR) is 85.0 cm³/mol. The van der Waals surface area contributed by atoms with Gasteiger partial charge in [0.15, 0.2) is 0 Å². The fraction of sp³-hybridized carbons (Fsp3) is 0.588. The summed E-state index contributed by atoms with van der Waals surface area (Å²) in [5, 5.41) is 0.732. The summed E-state index contributed by atoms with van der Waals surface area (Å²) in [6, 6.07) is 7.87. The Bertz CT molecular complexity index is 536. The molecular formula is C17H22ClNO3. The second-order valence-electron chi connectivity index (χ2n) is 5.93. The number of nitrogens with zero attached hydrogens (tertiary/aromatic N) is 1. The number of aryl methyl sites for hydroxylation is 1. The quantitative estimate of drug-likeness (QED) is 0.855. The van der Waals surface area contributed by atoms with Gasteiger partial charge in [0.2, 0.25) is 5.91 Å². The van der Waals surface area contributed by atoms with Gasteiger partial charge in [-0.25, -0.2) is 0 Å². The molecule has 1 saturated heterocycles. The van der Waals surface area contributed by atoms with Gasteiger partial charge in [0, 0.05) is 25.1 Å². The second-order valence-corrected chi connectivity index (χ2v) is 6.34. The Morgan fingerprint density at radius 3 is 3.00 bits per heavy atom. The number of carbonyl (C=O) groups excluding carboxylic acids is 1. The lowest BCUT2D eigenvalue weighted by Gasteiger charge is -2.39. The maximum absolute atomic E-state index is 12.6. The SMILES string of the molecule is CO[C@@H]1CC[C@H]2[C@H]1OCCN2C(=O)CCc1ccccc1Cl. The number of amides is 1. The third-order valence-corrected chi connectivity index (χ3v) is 5.09. The summed E-state index contributed by atoms with van der Waals surface area (Å²) in [5.41, 5.74) is 1.03. The first kappa shape index (κ1) is 15.8. The summed E-state index contributed by atoms with van der Waals surface area (Å²) in [7, 11) is 1.72. The molecule has 0 spiro atoms. The summed E-state index contributed by atoms with van der Waals surface area (Å²) >= 11 is 6.16. The smallest absolute Gasteiger partial charge is 0.223 e. The van der Waals surface area contributed by atoms with E-state index in [2.05, 4.69) is 0 Å². The number of carbonyl (C=O) groups is 1. The van der Waals surface area contributed by atoms with Crippen LogP contribution in [0.3, 0.4) is 0 Å². The lowest BCUT2D eigenvalue weighted by atomic mass is 10.1. The zero-order valence-electron chi connectivity index (χ0n) is 12.8. The molecule has 3 atom stereocenters. The molecule has 0 radical (unpaired) electrons. The topological polar surface area (TPSA) is 38.8 Å². The number of hydrogen-bond donors (Lipinski definition) is 0. The van der Waals surface area contributed by atoms with Crippen LogP contribution in [0.5, 0.6) is 0 Å². The molecule has 22 heavy (non-hydrogen) atoms. The highest BCUT2D eigenvalue weighted by atomic mass is 35.5. The van der Waals surface area contributed by atoms with E-state index in [1.807, 2.05) is 29.2 Å². The van der Waals surface area contributed by atoms with E-state index in [0.717, 1.165) is 23.4 Å². The first-order valence-electron chi connectivity index (χ1n) is 7.88. The van der Waals surface area contributed by atoms with Gasteiger partial charge in [-0.1, -0.05) is 29.8 Å². The zero-order chi connectivity index (χ0) is 15.5. The minimum Gasteiger partial charge on any atom is -0.379 e. The maximum atomic E-state index is 12.6. The molecule has 1 amide bonds. The second kappa shape index (κ2) is 6.99. The first-order valence-corrected chi connectivity index (χ1v) is 8.26. The van der Waals surface area contributed by atoms with Gasteiger partial charge in [-0.3, -0.25) is 4.79 Å². The molecule has 1 aliphatic heterocycles. The maximum Gasteiger partial charge on any atom is 0.223 e. The van der Waals surface area contributed by atoms with Crippen molar-refractivity contribution in [3.05, 3.63) is 34.9 Å². The molecule has 2 fully saturated rings. The summed E-state index contributed by atoms with van der Waals surface area (Å²) in [4.78, 5) is 14.6. The van der Waals surface area contributed by atoms with E-state index in [-0.39, 0.29) is 24.2 Å². The largest absolute Gasteiger partial charge is 0.379 e. The summed E-state index contributed by atoms with van der Waals surface area (Å²) < 4.78 is 11.3. The molecular weight excluding hydrogens is 302 g/mol. The highest BCUT2D eigenvalue weighted by molar-refractivity contribution is 6.31. The molecule has 0 bridgehead atoms. The Morgan fingerprint density at radius 2 is 2.23 bits per heavy atom. The van der Waals surface area contributed by atoms with Gasteiger partial charge in [-0.05, 0) is 30.9 Å². The van der Waals surface area contributed by atoms with Crippen molar-refractivity contribution in [1.29, 1.82) is 0 Å². The minimum atomic E-state index is 0.0306. The molecule has 1 saturated carbocycles. The summed E-state index contributed by atoms with van der Waals surface area (Å²) in [5.74, 6) is 0.190. The van der Waals surface area contributed by atoms with Gasteiger partial charge in [0.1, 0.15) is 6.10 Å². The summed E-state index contributed by atoms with van der Waals surface area (Å²) in [6.07, 6.45) is 3.24. The Labute approximate surface area is 136 Å². The van der Waals surface area contributed by atoms with Crippen LogP contribution < -0.4 is 0 Å². The number of rotatable bonds is 4. The van der Waals surface area contributed by atoms with Gasteiger partial charge in [0.25, 0.3) is 0 Å². The Kier molecular flexibility index (Phi) is 5.01. The van der Waals surface area contributed by atoms with Crippen molar-refractivity contribution in [3.8, 4) is 0 Å². The van der Waals surface area contributed by atoms with Crippen molar-refractivity contribution in [3.63, 3.8) is 0 Å². The number of halogens is 1. The van der Waals surface area contributed by atoms with Gasteiger partial charge in [-0.15, -0.1) is 0 Å². The van der Waals surface area contributed by atoms with E-state index in [4.69, 9.17) is 21.1 Å². The van der Waals surface area contributed by atoms with Gasteiger partial charge < -0.3 is 14.4 Å². The van der Waals surface area contributed by atoms with Crippen molar-refractivity contribution >= 4 is 17.5 Å². The number of benzene rings is 1. The number of morpholine rings is 1. The van der Waals surface area contributed by atoms with Crippen LogP contribution in [-0.4, -0.2) is 49.3 Å². The fourth-order valence-electron chi connectivity index (χ4n) is 3.56. The van der Waals surface area contributed by atoms with E-state index >= 15 is 0 Å². The van der Waals surface area contributed by atoms with Crippen LogP contribution in [0.2, 0.25) is 5.02 Å². The third kappa shape index (κ3) is 3.14. The van der Waals surface area contributed by atoms with Crippen LogP contribution >= 0.6 is 11.6 Å². The van der Waals surface area contributed by atoms with Crippen molar-refractivity contribution in [1.82, 2.24) is 4.90 Å². The Balaban J connectivity index is 1.61. The summed E-state index contributed by atoms with van der Waals surface area (Å²) in [6.45, 7) is 1.28. The van der Waals surface area contributed by atoms with E-state index in [0.29, 0.717) is 26.0 Å². The van der Waals surface area contributed by atoms with E-state index in [1.165, 1.54) is 0 Å². The zero-order valence-corrected chi connectivity index (χ0v) is 13.6. The van der Waals surface area contributed by atoms with Gasteiger partial charge in [0.05, 0.1) is 18.8 Å².